The van der Waals surface area contributed by atoms with Crippen LogP contribution < -0.4 is 4.72 Å². The van der Waals surface area contributed by atoms with E-state index in [0.29, 0.717) is 12.5 Å². The van der Waals surface area contributed by atoms with Crippen LogP contribution in [0.5, 0.6) is 0 Å². The van der Waals surface area contributed by atoms with E-state index in [1.807, 2.05) is 0 Å². The van der Waals surface area contributed by atoms with E-state index in [9.17, 15) is 18.5 Å². The minimum atomic E-state index is -3.83. The third-order valence-electron chi connectivity index (χ3n) is 4.36. The first-order valence-electron chi connectivity index (χ1n) is 6.78. The molecule has 2 aliphatic rings. The van der Waals surface area contributed by atoms with Crippen molar-refractivity contribution in [3.63, 3.8) is 0 Å². The highest BCUT2D eigenvalue weighted by atomic mass is 35.5. The number of hydrogen-bond donors (Lipinski definition) is 1. The maximum absolute atomic E-state index is 12.3. The topological polar surface area (TPSA) is 89.3 Å². The van der Waals surface area contributed by atoms with Crippen LogP contribution >= 0.6 is 11.6 Å². The Labute approximate surface area is 127 Å². The number of rotatable bonds is 6. The molecule has 1 N–H and O–H groups in total. The van der Waals surface area contributed by atoms with Gasteiger partial charge in [0, 0.05) is 18.7 Å². The molecule has 3 rings (SSSR count). The summed E-state index contributed by atoms with van der Waals surface area (Å²) in [5.74, 6) is 0.626. The van der Waals surface area contributed by atoms with Crippen LogP contribution in [0.1, 0.15) is 25.7 Å². The summed E-state index contributed by atoms with van der Waals surface area (Å²) >= 11 is 5.88. The molecular formula is C13H15ClN2O4S. The first-order valence-corrected chi connectivity index (χ1v) is 8.64. The number of benzene rings is 1. The number of halogens is 1. The van der Waals surface area contributed by atoms with Crippen molar-refractivity contribution >= 4 is 27.3 Å². The summed E-state index contributed by atoms with van der Waals surface area (Å²) < 4.78 is 27.2. The average Bonchev–Trinajstić information content (AvgIpc) is 3.28. The average molecular weight is 331 g/mol. The Morgan fingerprint density at radius 1 is 1.38 bits per heavy atom. The molecule has 0 bridgehead atoms. The molecule has 0 aliphatic heterocycles. The molecule has 8 heteroatoms. The standard InChI is InChI=1S/C13H15ClN2O4S/c14-11-4-3-10(16(17)18)7-12(11)21(19,20)15-8-13(5-6-13)9-1-2-9/h3-4,7,9,15H,1-2,5-6,8H2. The van der Waals surface area contributed by atoms with Gasteiger partial charge in [-0.15, -0.1) is 0 Å². The summed E-state index contributed by atoms with van der Waals surface area (Å²) in [6.07, 6.45) is 4.42. The fourth-order valence-electron chi connectivity index (χ4n) is 2.71. The largest absolute Gasteiger partial charge is 0.270 e. The van der Waals surface area contributed by atoms with Gasteiger partial charge in [-0.3, -0.25) is 10.1 Å². The number of hydrogen-bond acceptors (Lipinski definition) is 4. The van der Waals surface area contributed by atoms with Gasteiger partial charge in [-0.2, -0.15) is 0 Å². The Hall–Kier alpha value is -1.18. The van der Waals surface area contributed by atoms with E-state index < -0.39 is 14.9 Å². The molecule has 114 valence electrons. The van der Waals surface area contributed by atoms with E-state index in [1.54, 1.807) is 0 Å². The fourth-order valence-corrected chi connectivity index (χ4v) is 4.37. The van der Waals surface area contributed by atoms with Gasteiger partial charge in [0.15, 0.2) is 0 Å². The number of non-ortho nitro benzene ring substituents is 1. The minimum absolute atomic E-state index is 0.00984. The van der Waals surface area contributed by atoms with Gasteiger partial charge in [-0.05, 0) is 43.1 Å². The molecule has 1 aromatic carbocycles. The Bertz CT molecular complexity index is 696. The number of nitrogens with one attached hydrogen (secondary N) is 1. The zero-order valence-corrected chi connectivity index (χ0v) is 12.8. The Kier molecular flexibility index (Phi) is 3.46. The molecule has 2 fully saturated rings. The number of nitrogens with zero attached hydrogens (tertiary/aromatic N) is 1. The van der Waals surface area contributed by atoms with Gasteiger partial charge in [0.05, 0.1) is 9.95 Å². The quantitative estimate of drug-likeness (QED) is 0.641. The summed E-state index contributed by atoms with van der Waals surface area (Å²) in [4.78, 5) is 9.89. The Balaban J connectivity index is 1.81. The highest BCUT2D eigenvalue weighted by Crippen LogP contribution is 2.60. The van der Waals surface area contributed by atoms with Crippen molar-refractivity contribution in [2.45, 2.75) is 30.6 Å². The predicted molar refractivity (Wildman–Crippen MR) is 77.7 cm³/mol. The normalized spacial score (nSPS) is 20.2. The monoisotopic (exact) mass is 330 g/mol. The molecule has 0 atom stereocenters. The van der Waals surface area contributed by atoms with Crippen LogP contribution in [0, 0.1) is 21.4 Å². The van der Waals surface area contributed by atoms with E-state index >= 15 is 0 Å². The summed E-state index contributed by atoms with van der Waals surface area (Å²) in [7, 11) is -3.83. The van der Waals surface area contributed by atoms with Crippen LogP contribution in [-0.2, 0) is 10.0 Å². The van der Waals surface area contributed by atoms with Gasteiger partial charge in [0.1, 0.15) is 4.90 Å². The molecule has 1 aromatic rings. The molecule has 2 aliphatic carbocycles. The molecule has 0 radical (unpaired) electrons. The molecule has 0 saturated heterocycles. The van der Waals surface area contributed by atoms with Crippen LogP contribution in [0.3, 0.4) is 0 Å². The second-order valence-electron chi connectivity index (χ2n) is 5.83. The highest BCUT2D eigenvalue weighted by Gasteiger charge is 2.53. The molecule has 0 amide bonds. The van der Waals surface area contributed by atoms with Crippen molar-refractivity contribution in [1.82, 2.24) is 4.72 Å². The first-order chi connectivity index (χ1) is 9.84. The van der Waals surface area contributed by atoms with Crippen molar-refractivity contribution in [3.8, 4) is 0 Å². The fraction of sp³-hybridized carbons (Fsp3) is 0.538. The molecule has 0 heterocycles. The lowest BCUT2D eigenvalue weighted by Gasteiger charge is -2.15. The van der Waals surface area contributed by atoms with E-state index in [0.717, 1.165) is 18.9 Å². The van der Waals surface area contributed by atoms with Crippen LogP contribution in [0.25, 0.3) is 0 Å². The molecule has 6 nitrogen and oxygen atoms in total. The highest BCUT2D eigenvalue weighted by molar-refractivity contribution is 7.89. The van der Waals surface area contributed by atoms with Crippen molar-refractivity contribution in [2.24, 2.45) is 11.3 Å². The van der Waals surface area contributed by atoms with Gasteiger partial charge in [0.2, 0.25) is 10.0 Å². The van der Waals surface area contributed by atoms with Gasteiger partial charge in [-0.1, -0.05) is 11.6 Å². The minimum Gasteiger partial charge on any atom is -0.258 e. The second kappa shape index (κ2) is 4.93. The van der Waals surface area contributed by atoms with Crippen LogP contribution in [0.15, 0.2) is 23.1 Å². The first kappa shape index (κ1) is 14.7. The lowest BCUT2D eigenvalue weighted by atomic mass is 10.0. The van der Waals surface area contributed by atoms with E-state index in [-0.39, 0.29) is 21.0 Å². The molecule has 0 spiro atoms. The predicted octanol–water partition coefficient (Wildman–Crippen LogP) is 2.72. The third kappa shape index (κ3) is 2.90. The van der Waals surface area contributed by atoms with Gasteiger partial charge in [-0.25, -0.2) is 13.1 Å². The summed E-state index contributed by atoms with van der Waals surface area (Å²) in [5.41, 5.74) is -0.177. The van der Waals surface area contributed by atoms with Crippen LogP contribution in [0.4, 0.5) is 5.69 Å². The number of nitro benzene ring substituents is 1. The molecular weight excluding hydrogens is 316 g/mol. The Morgan fingerprint density at radius 3 is 2.57 bits per heavy atom. The number of sulfonamides is 1. The summed E-state index contributed by atoms with van der Waals surface area (Å²) in [5, 5.41) is 10.8. The second-order valence-corrected chi connectivity index (χ2v) is 7.98. The lowest BCUT2D eigenvalue weighted by Crippen LogP contribution is -2.31. The third-order valence-corrected chi connectivity index (χ3v) is 6.25. The molecule has 0 unspecified atom stereocenters. The molecule has 0 aromatic heterocycles. The number of nitro groups is 1. The van der Waals surface area contributed by atoms with Gasteiger partial charge in [0.25, 0.3) is 5.69 Å². The Morgan fingerprint density at radius 2 is 2.05 bits per heavy atom. The van der Waals surface area contributed by atoms with Crippen molar-refractivity contribution < 1.29 is 13.3 Å². The summed E-state index contributed by atoms with van der Waals surface area (Å²) in [6.45, 7) is 0.388. The van der Waals surface area contributed by atoms with Gasteiger partial charge >= 0.3 is 0 Å². The van der Waals surface area contributed by atoms with Crippen molar-refractivity contribution in [1.29, 1.82) is 0 Å². The van der Waals surface area contributed by atoms with Crippen molar-refractivity contribution in [3.05, 3.63) is 33.3 Å². The molecule has 21 heavy (non-hydrogen) atoms. The van der Waals surface area contributed by atoms with E-state index in [1.165, 1.54) is 25.0 Å². The lowest BCUT2D eigenvalue weighted by molar-refractivity contribution is -0.385. The smallest absolute Gasteiger partial charge is 0.258 e. The van der Waals surface area contributed by atoms with E-state index in [2.05, 4.69) is 4.72 Å². The van der Waals surface area contributed by atoms with Gasteiger partial charge < -0.3 is 0 Å². The van der Waals surface area contributed by atoms with Crippen LogP contribution in [0.2, 0.25) is 5.02 Å². The zero-order valence-electron chi connectivity index (χ0n) is 11.2. The summed E-state index contributed by atoms with van der Waals surface area (Å²) in [6, 6.07) is 3.43. The maximum Gasteiger partial charge on any atom is 0.270 e. The SMILES string of the molecule is O=[N+]([O-])c1ccc(Cl)c(S(=O)(=O)NCC2(C3CC3)CC2)c1. The molecule has 2 saturated carbocycles. The zero-order chi connectivity index (χ0) is 15.3. The maximum atomic E-state index is 12.3. The van der Waals surface area contributed by atoms with Crippen LogP contribution in [-0.4, -0.2) is 19.9 Å². The van der Waals surface area contributed by atoms with E-state index in [4.69, 9.17) is 11.6 Å². The van der Waals surface area contributed by atoms with Crippen molar-refractivity contribution in [2.75, 3.05) is 6.54 Å².